The number of benzene rings is 1. The van der Waals surface area contributed by atoms with Crippen LogP contribution < -0.4 is 4.74 Å². The topological polar surface area (TPSA) is 35.9 Å². The van der Waals surface area contributed by atoms with E-state index in [1.54, 1.807) is 19.2 Å². The van der Waals surface area contributed by atoms with Crippen LogP contribution in [0.3, 0.4) is 0 Å². The van der Waals surface area contributed by atoms with Crippen LogP contribution in [0.25, 0.3) is 0 Å². The molecule has 1 aromatic carbocycles. The number of phenols is 1. The molecule has 1 N–H and O–H groups in total. The molecule has 1 aromatic rings. The maximum Gasteiger partial charge on any atom is 0.120 e. The van der Waals surface area contributed by atoms with Crippen LogP contribution in [0.15, 0.2) is 18.2 Å². The van der Waals surface area contributed by atoms with Crippen molar-refractivity contribution < 1.29 is 9.84 Å². The van der Waals surface area contributed by atoms with Gasteiger partial charge in [-0.25, -0.2) is 0 Å². The minimum Gasteiger partial charge on any atom is -0.508 e. The molecule has 1 aliphatic rings. The summed E-state index contributed by atoms with van der Waals surface area (Å²) in [6, 6.07) is 5.39. The van der Waals surface area contributed by atoms with Crippen LogP contribution in [0, 0.1) is 5.92 Å². The summed E-state index contributed by atoms with van der Waals surface area (Å²) in [6.07, 6.45) is 1.27. The van der Waals surface area contributed by atoms with Crippen molar-refractivity contribution in [2.24, 2.45) is 5.92 Å². The number of phenolic OH excluding ortho intramolecular Hbond substituents is 1. The molecule has 2 rings (SSSR count). The van der Waals surface area contributed by atoms with Crippen LogP contribution in [-0.2, 0) is 6.54 Å². The number of ether oxygens (including phenoxy) is 1. The molecule has 19 heavy (non-hydrogen) atoms. The van der Waals surface area contributed by atoms with Gasteiger partial charge in [0.25, 0.3) is 0 Å². The van der Waals surface area contributed by atoms with Gasteiger partial charge in [-0.1, -0.05) is 0 Å². The van der Waals surface area contributed by atoms with Gasteiger partial charge in [-0.2, -0.15) is 0 Å². The quantitative estimate of drug-likeness (QED) is 0.879. The fraction of sp³-hybridized carbons (Fsp3) is 0.600. The standard InChI is InChI=1S/C15H24N2O2/c1-16-7-6-12(9-16)10-17(2)11-13-8-14(19-3)4-5-15(13)18/h4-5,8,12,18H,6-7,9-11H2,1-3H3. The Labute approximate surface area is 115 Å². The third-order valence-corrected chi connectivity index (χ3v) is 3.79. The van der Waals surface area contributed by atoms with Crippen LogP contribution >= 0.6 is 0 Å². The molecule has 1 saturated heterocycles. The lowest BCUT2D eigenvalue weighted by atomic mass is 10.1. The molecule has 0 aromatic heterocycles. The fourth-order valence-electron chi connectivity index (χ4n) is 2.79. The maximum absolute atomic E-state index is 9.89. The van der Waals surface area contributed by atoms with E-state index in [4.69, 9.17) is 4.74 Å². The first-order valence-corrected chi connectivity index (χ1v) is 6.81. The molecule has 0 bridgehead atoms. The average molecular weight is 264 g/mol. The fourth-order valence-corrected chi connectivity index (χ4v) is 2.79. The zero-order valence-electron chi connectivity index (χ0n) is 12.1. The Kier molecular flexibility index (Phi) is 4.66. The van der Waals surface area contributed by atoms with Gasteiger partial charge < -0.3 is 19.6 Å². The largest absolute Gasteiger partial charge is 0.508 e. The highest BCUT2D eigenvalue weighted by atomic mass is 16.5. The third kappa shape index (κ3) is 3.85. The first kappa shape index (κ1) is 14.2. The highest BCUT2D eigenvalue weighted by Gasteiger charge is 2.21. The van der Waals surface area contributed by atoms with Gasteiger partial charge >= 0.3 is 0 Å². The van der Waals surface area contributed by atoms with Gasteiger partial charge in [0.2, 0.25) is 0 Å². The Bertz CT molecular complexity index is 423. The summed E-state index contributed by atoms with van der Waals surface area (Å²) in [5.41, 5.74) is 0.924. The molecule has 4 nitrogen and oxygen atoms in total. The first-order chi connectivity index (χ1) is 9.08. The molecule has 1 unspecified atom stereocenters. The predicted molar refractivity (Wildman–Crippen MR) is 76.6 cm³/mol. The number of rotatable bonds is 5. The molecule has 1 aliphatic heterocycles. The van der Waals surface area contributed by atoms with Crippen molar-refractivity contribution >= 4 is 0 Å². The van der Waals surface area contributed by atoms with Crippen LogP contribution in [0.2, 0.25) is 0 Å². The summed E-state index contributed by atoms with van der Waals surface area (Å²) >= 11 is 0. The minimum absolute atomic E-state index is 0.344. The monoisotopic (exact) mass is 264 g/mol. The van der Waals surface area contributed by atoms with Crippen LogP contribution in [0.5, 0.6) is 11.5 Å². The van der Waals surface area contributed by atoms with Crippen LogP contribution in [0.4, 0.5) is 0 Å². The van der Waals surface area contributed by atoms with Crippen molar-refractivity contribution in [3.63, 3.8) is 0 Å². The second kappa shape index (κ2) is 6.26. The molecule has 0 aliphatic carbocycles. The lowest BCUT2D eigenvalue weighted by molar-refractivity contribution is 0.263. The summed E-state index contributed by atoms with van der Waals surface area (Å²) in [4.78, 5) is 4.65. The van der Waals surface area contributed by atoms with Gasteiger partial charge in [0.1, 0.15) is 11.5 Å². The number of aromatic hydroxyl groups is 1. The van der Waals surface area contributed by atoms with E-state index in [9.17, 15) is 5.11 Å². The Morgan fingerprint density at radius 1 is 1.47 bits per heavy atom. The molecule has 1 heterocycles. The van der Waals surface area contributed by atoms with Crippen molar-refractivity contribution in [3.8, 4) is 11.5 Å². The van der Waals surface area contributed by atoms with E-state index in [1.807, 2.05) is 6.07 Å². The molecule has 0 saturated carbocycles. The highest BCUT2D eigenvalue weighted by Crippen LogP contribution is 2.24. The zero-order chi connectivity index (χ0) is 13.8. The minimum atomic E-state index is 0.344. The number of hydrogen-bond donors (Lipinski definition) is 1. The van der Waals surface area contributed by atoms with Gasteiger partial charge in [-0.3, -0.25) is 0 Å². The summed E-state index contributed by atoms with van der Waals surface area (Å²) < 4.78 is 5.20. The smallest absolute Gasteiger partial charge is 0.120 e. The third-order valence-electron chi connectivity index (χ3n) is 3.79. The normalized spacial score (nSPS) is 20.1. The van der Waals surface area contributed by atoms with Crippen molar-refractivity contribution in [3.05, 3.63) is 23.8 Å². The average Bonchev–Trinajstić information content (AvgIpc) is 2.77. The van der Waals surface area contributed by atoms with Crippen molar-refractivity contribution in [2.45, 2.75) is 13.0 Å². The van der Waals surface area contributed by atoms with E-state index >= 15 is 0 Å². The number of methoxy groups -OCH3 is 1. The molecular weight excluding hydrogens is 240 g/mol. The molecular formula is C15H24N2O2. The lowest BCUT2D eigenvalue weighted by Crippen LogP contribution is -2.27. The zero-order valence-corrected chi connectivity index (χ0v) is 12.1. The Balaban J connectivity index is 1.92. The highest BCUT2D eigenvalue weighted by molar-refractivity contribution is 5.39. The maximum atomic E-state index is 9.89. The van der Waals surface area contributed by atoms with Gasteiger partial charge in [0.05, 0.1) is 7.11 Å². The molecule has 106 valence electrons. The molecule has 4 heteroatoms. The van der Waals surface area contributed by atoms with Crippen LogP contribution in [-0.4, -0.2) is 55.7 Å². The van der Waals surface area contributed by atoms with E-state index in [1.165, 1.54) is 19.5 Å². The summed E-state index contributed by atoms with van der Waals surface area (Å²) in [7, 11) is 5.93. The Hall–Kier alpha value is -1.26. The molecule has 1 fully saturated rings. The van der Waals surface area contributed by atoms with E-state index in [0.717, 1.165) is 30.3 Å². The number of hydrogen-bond acceptors (Lipinski definition) is 4. The van der Waals surface area contributed by atoms with Crippen molar-refractivity contribution in [1.29, 1.82) is 0 Å². The first-order valence-electron chi connectivity index (χ1n) is 6.81. The molecule has 1 atom stereocenters. The van der Waals surface area contributed by atoms with E-state index in [-0.39, 0.29) is 0 Å². The van der Waals surface area contributed by atoms with Crippen molar-refractivity contribution in [1.82, 2.24) is 9.80 Å². The van der Waals surface area contributed by atoms with Gasteiger partial charge in [-0.15, -0.1) is 0 Å². The summed E-state index contributed by atoms with van der Waals surface area (Å²) in [5, 5.41) is 9.89. The molecule has 0 radical (unpaired) electrons. The SMILES string of the molecule is COc1ccc(O)c(CN(C)CC2CCN(C)C2)c1. The van der Waals surface area contributed by atoms with Crippen LogP contribution in [0.1, 0.15) is 12.0 Å². The summed E-state index contributed by atoms with van der Waals surface area (Å²) in [5.74, 6) is 1.88. The van der Waals surface area contributed by atoms with Gasteiger partial charge in [-0.05, 0) is 51.2 Å². The van der Waals surface area contributed by atoms with Gasteiger partial charge in [0, 0.05) is 25.2 Å². The Morgan fingerprint density at radius 2 is 2.26 bits per heavy atom. The predicted octanol–water partition coefficient (Wildman–Crippen LogP) is 1.78. The van der Waals surface area contributed by atoms with Crippen molar-refractivity contribution in [2.75, 3.05) is 40.8 Å². The number of nitrogens with zero attached hydrogens (tertiary/aromatic N) is 2. The second-order valence-corrected chi connectivity index (χ2v) is 5.61. The summed E-state index contributed by atoms with van der Waals surface area (Å²) in [6.45, 7) is 4.20. The second-order valence-electron chi connectivity index (χ2n) is 5.61. The lowest BCUT2D eigenvalue weighted by Gasteiger charge is -2.21. The van der Waals surface area contributed by atoms with E-state index in [0.29, 0.717) is 5.75 Å². The Morgan fingerprint density at radius 3 is 2.89 bits per heavy atom. The number of likely N-dealkylation sites (tertiary alicyclic amines) is 1. The van der Waals surface area contributed by atoms with Gasteiger partial charge in [0.15, 0.2) is 0 Å². The van der Waals surface area contributed by atoms with E-state index in [2.05, 4.69) is 23.9 Å². The molecule has 0 spiro atoms. The molecule has 0 amide bonds. The van der Waals surface area contributed by atoms with E-state index < -0.39 is 0 Å².